The third kappa shape index (κ3) is 2.84. The molecule has 104 valence electrons. The molecule has 1 aromatic rings. The maximum Gasteiger partial charge on any atom is 0.0495 e. The van der Waals surface area contributed by atoms with Crippen LogP contribution in [0.25, 0.3) is 0 Å². The summed E-state index contributed by atoms with van der Waals surface area (Å²) >= 11 is 0. The zero-order chi connectivity index (χ0) is 14.0. The van der Waals surface area contributed by atoms with Crippen LogP contribution in [0.4, 0.5) is 0 Å². The van der Waals surface area contributed by atoms with Crippen molar-refractivity contribution in [3.63, 3.8) is 0 Å². The Morgan fingerprint density at radius 2 is 1.84 bits per heavy atom. The molecule has 2 rings (SSSR count). The summed E-state index contributed by atoms with van der Waals surface area (Å²) in [5.41, 5.74) is 1.47. The number of nitrogens with zero attached hydrogens (tertiary/aromatic N) is 1. The van der Waals surface area contributed by atoms with Gasteiger partial charge in [-0.05, 0) is 38.5 Å². The van der Waals surface area contributed by atoms with E-state index in [1.54, 1.807) is 0 Å². The largest absolute Gasteiger partial charge is 0.374 e. The second kappa shape index (κ2) is 5.38. The van der Waals surface area contributed by atoms with Crippen LogP contribution in [-0.2, 0) is 0 Å². The van der Waals surface area contributed by atoms with Gasteiger partial charge in [0.15, 0.2) is 0 Å². The maximum absolute atomic E-state index is 3.81. The Bertz CT molecular complexity index is 436. The van der Waals surface area contributed by atoms with Crippen LogP contribution in [0.15, 0.2) is 42.6 Å². The Morgan fingerprint density at radius 1 is 1.21 bits per heavy atom. The Labute approximate surface area is 117 Å². The molecule has 0 fully saturated rings. The van der Waals surface area contributed by atoms with E-state index in [-0.39, 0.29) is 5.54 Å². The molecule has 0 bridgehead atoms. The topological polar surface area (TPSA) is 15.3 Å². The van der Waals surface area contributed by atoms with Gasteiger partial charge in [0, 0.05) is 24.7 Å². The van der Waals surface area contributed by atoms with E-state index < -0.39 is 0 Å². The SMILES string of the molecule is CC1C=CN(C)C(C)(C)[C@H]1N[C@@H](C)c1ccccc1. The molecular weight excluding hydrogens is 232 g/mol. The molecule has 0 aromatic heterocycles. The summed E-state index contributed by atoms with van der Waals surface area (Å²) < 4.78 is 0. The number of benzene rings is 1. The van der Waals surface area contributed by atoms with Crippen LogP contribution in [0.1, 0.15) is 39.3 Å². The molecule has 0 saturated carbocycles. The van der Waals surface area contributed by atoms with Gasteiger partial charge in [0.25, 0.3) is 0 Å². The van der Waals surface area contributed by atoms with Gasteiger partial charge >= 0.3 is 0 Å². The Balaban J connectivity index is 2.15. The molecule has 1 aromatic carbocycles. The van der Waals surface area contributed by atoms with Crippen molar-refractivity contribution < 1.29 is 0 Å². The van der Waals surface area contributed by atoms with E-state index in [0.717, 1.165) is 0 Å². The smallest absolute Gasteiger partial charge is 0.0495 e. The predicted molar refractivity (Wildman–Crippen MR) is 81.9 cm³/mol. The summed E-state index contributed by atoms with van der Waals surface area (Å²) in [6.07, 6.45) is 4.50. The van der Waals surface area contributed by atoms with Crippen LogP contribution >= 0.6 is 0 Å². The first-order valence-electron chi connectivity index (χ1n) is 7.15. The molecule has 1 N–H and O–H groups in total. The minimum Gasteiger partial charge on any atom is -0.374 e. The molecule has 0 amide bonds. The third-order valence-electron chi connectivity index (χ3n) is 4.54. The van der Waals surface area contributed by atoms with E-state index in [1.807, 2.05) is 0 Å². The molecular formula is C17H26N2. The van der Waals surface area contributed by atoms with E-state index in [9.17, 15) is 0 Å². The Morgan fingerprint density at radius 3 is 2.47 bits per heavy atom. The summed E-state index contributed by atoms with van der Waals surface area (Å²) in [6, 6.07) is 11.5. The van der Waals surface area contributed by atoms with Gasteiger partial charge in [-0.3, -0.25) is 0 Å². The molecule has 1 aliphatic heterocycles. The highest BCUT2D eigenvalue weighted by Gasteiger charge is 2.38. The lowest BCUT2D eigenvalue weighted by Crippen LogP contribution is -2.59. The predicted octanol–water partition coefficient (Wildman–Crippen LogP) is 3.58. The first-order chi connectivity index (χ1) is 8.93. The van der Waals surface area contributed by atoms with Gasteiger partial charge < -0.3 is 10.2 Å². The number of likely N-dealkylation sites (N-methyl/N-ethyl adjacent to an activating group) is 1. The van der Waals surface area contributed by atoms with E-state index in [4.69, 9.17) is 0 Å². The van der Waals surface area contributed by atoms with E-state index in [2.05, 4.69) is 87.6 Å². The number of hydrogen-bond donors (Lipinski definition) is 1. The van der Waals surface area contributed by atoms with Gasteiger partial charge in [0.2, 0.25) is 0 Å². The van der Waals surface area contributed by atoms with Crippen molar-refractivity contribution >= 4 is 0 Å². The van der Waals surface area contributed by atoms with Crippen molar-refractivity contribution in [2.24, 2.45) is 5.92 Å². The zero-order valence-corrected chi connectivity index (χ0v) is 12.7. The highest BCUT2D eigenvalue weighted by molar-refractivity contribution is 5.19. The van der Waals surface area contributed by atoms with Crippen LogP contribution < -0.4 is 5.32 Å². The summed E-state index contributed by atoms with van der Waals surface area (Å²) in [7, 11) is 2.16. The van der Waals surface area contributed by atoms with Crippen molar-refractivity contribution in [3.05, 3.63) is 48.2 Å². The summed E-state index contributed by atoms with van der Waals surface area (Å²) in [6.45, 7) is 9.15. The van der Waals surface area contributed by atoms with Crippen LogP contribution in [-0.4, -0.2) is 23.5 Å². The standard InChI is InChI=1S/C17H26N2/c1-13-11-12-19(5)17(3,4)16(13)18-14(2)15-9-7-6-8-10-15/h6-14,16,18H,1-5H3/t13?,14-,16-/m0/s1. The highest BCUT2D eigenvalue weighted by atomic mass is 15.2. The summed E-state index contributed by atoms with van der Waals surface area (Å²) in [5.74, 6) is 0.539. The normalized spacial score (nSPS) is 27.3. The molecule has 1 unspecified atom stereocenters. The van der Waals surface area contributed by atoms with Gasteiger partial charge in [0.1, 0.15) is 0 Å². The van der Waals surface area contributed by atoms with Crippen LogP contribution in [0.3, 0.4) is 0 Å². The molecule has 19 heavy (non-hydrogen) atoms. The second-order valence-corrected chi connectivity index (χ2v) is 6.24. The molecule has 2 nitrogen and oxygen atoms in total. The molecule has 1 heterocycles. The third-order valence-corrected chi connectivity index (χ3v) is 4.54. The van der Waals surface area contributed by atoms with Crippen molar-refractivity contribution in [1.29, 1.82) is 0 Å². The molecule has 0 spiro atoms. The Hall–Kier alpha value is -1.28. The quantitative estimate of drug-likeness (QED) is 0.891. The maximum atomic E-state index is 3.81. The Kier molecular flexibility index (Phi) is 4.00. The minimum atomic E-state index is 0.122. The highest BCUT2D eigenvalue weighted by Crippen LogP contribution is 2.30. The number of hydrogen-bond acceptors (Lipinski definition) is 2. The number of nitrogens with one attached hydrogen (secondary N) is 1. The molecule has 0 saturated heterocycles. The van der Waals surface area contributed by atoms with E-state index >= 15 is 0 Å². The first-order valence-corrected chi connectivity index (χ1v) is 7.15. The summed E-state index contributed by atoms with van der Waals surface area (Å²) in [4.78, 5) is 2.31. The van der Waals surface area contributed by atoms with Crippen LogP contribution in [0, 0.1) is 5.92 Å². The molecule has 2 heteroatoms. The van der Waals surface area contributed by atoms with Gasteiger partial charge in [-0.1, -0.05) is 43.3 Å². The zero-order valence-electron chi connectivity index (χ0n) is 12.7. The lowest BCUT2D eigenvalue weighted by molar-refractivity contribution is 0.113. The van der Waals surface area contributed by atoms with Crippen molar-refractivity contribution in [2.75, 3.05) is 7.05 Å². The molecule has 0 aliphatic carbocycles. The van der Waals surface area contributed by atoms with Gasteiger partial charge in [0.05, 0.1) is 0 Å². The van der Waals surface area contributed by atoms with E-state index in [1.165, 1.54) is 5.56 Å². The van der Waals surface area contributed by atoms with Crippen molar-refractivity contribution in [2.45, 2.75) is 45.3 Å². The fourth-order valence-corrected chi connectivity index (χ4v) is 2.89. The second-order valence-electron chi connectivity index (χ2n) is 6.24. The average molecular weight is 258 g/mol. The lowest BCUT2D eigenvalue weighted by atomic mass is 9.81. The summed E-state index contributed by atoms with van der Waals surface area (Å²) in [5, 5.41) is 3.81. The molecule has 0 radical (unpaired) electrons. The van der Waals surface area contributed by atoms with Crippen LogP contribution in [0.5, 0.6) is 0 Å². The fraction of sp³-hybridized carbons (Fsp3) is 0.529. The lowest BCUT2D eigenvalue weighted by Gasteiger charge is -2.48. The first kappa shape index (κ1) is 14.1. The van der Waals surface area contributed by atoms with Gasteiger partial charge in [-0.2, -0.15) is 0 Å². The van der Waals surface area contributed by atoms with Crippen molar-refractivity contribution in [3.8, 4) is 0 Å². The molecule has 3 atom stereocenters. The fourth-order valence-electron chi connectivity index (χ4n) is 2.89. The molecule has 1 aliphatic rings. The monoisotopic (exact) mass is 258 g/mol. The van der Waals surface area contributed by atoms with Crippen LogP contribution in [0.2, 0.25) is 0 Å². The van der Waals surface area contributed by atoms with Gasteiger partial charge in [-0.15, -0.1) is 0 Å². The average Bonchev–Trinajstić information content (AvgIpc) is 2.40. The van der Waals surface area contributed by atoms with Gasteiger partial charge in [-0.25, -0.2) is 0 Å². The minimum absolute atomic E-state index is 0.122. The number of rotatable bonds is 3. The van der Waals surface area contributed by atoms with E-state index in [0.29, 0.717) is 18.0 Å². The van der Waals surface area contributed by atoms with Crippen molar-refractivity contribution in [1.82, 2.24) is 10.2 Å².